The van der Waals surface area contributed by atoms with Gasteiger partial charge in [0.05, 0.1) is 17.8 Å². The van der Waals surface area contributed by atoms with Crippen molar-refractivity contribution in [2.75, 3.05) is 39.9 Å². The number of aryl methyl sites for hydroxylation is 1. The van der Waals surface area contributed by atoms with E-state index in [2.05, 4.69) is 28.8 Å². The van der Waals surface area contributed by atoms with Crippen molar-refractivity contribution in [3.63, 3.8) is 0 Å². The topological polar surface area (TPSA) is 54.9 Å². The second kappa shape index (κ2) is 10.4. The molecular weight excluding hydrogens is 386 g/mol. The number of nitrogens with zero attached hydrogens (tertiary/aromatic N) is 3. The Morgan fingerprint density at radius 1 is 1.28 bits per heavy atom. The molecule has 3 rings (SSSR count). The van der Waals surface area contributed by atoms with Crippen molar-refractivity contribution < 1.29 is 14.3 Å². The maximum Gasteiger partial charge on any atom is 0.260 e. The van der Waals surface area contributed by atoms with Gasteiger partial charge < -0.3 is 14.4 Å². The molecule has 0 N–H and O–H groups in total. The lowest BCUT2D eigenvalue weighted by atomic mass is 10.1. The minimum absolute atomic E-state index is 0.00352. The van der Waals surface area contributed by atoms with Gasteiger partial charge in [0.15, 0.2) is 18.1 Å². The third-order valence-corrected chi connectivity index (χ3v) is 6.01. The maximum absolute atomic E-state index is 12.6. The van der Waals surface area contributed by atoms with Crippen molar-refractivity contribution in [1.82, 2.24) is 14.8 Å². The Morgan fingerprint density at radius 2 is 2.07 bits per heavy atom. The summed E-state index contributed by atoms with van der Waals surface area (Å²) in [4.78, 5) is 21.4. The number of thiazole rings is 1. The highest BCUT2D eigenvalue weighted by Crippen LogP contribution is 2.28. The molecule has 0 radical (unpaired) electrons. The van der Waals surface area contributed by atoms with Crippen molar-refractivity contribution in [2.45, 2.75) is 26.3 Å². The molecule has 0 aliphatic carbocycles. The van der Waals surface area contributed by atoms with E-state index in [-0.39, 0.29) is 12.5 Å². The average Bonchev–Trinajstić information content (AvgIpc) is 3.20. The summed E-state index contributed by atoms with van der Waals surface area (Å²) in [6.07, 6.45) is 3.59. The number of amides is 1. The highest BCUT2D eigenvalue weighted by atomic mass is 32.1. The molecule has 2 heterocycles. The van der Waals surface area contributed by atoms with E-state index < -0.39 is 0 Å². The lowest BCUT2D eigenvalue weighted by molar-refractivity contribution is -0.135. The largest absolute Gasteiger partial charge is 0.493 e. The molecule has 156 valence electrons. The molecule has 1 aromatic heterocycles. The third kappa shape index (κ3) is 5.81. The average molecular weight is 416 g/mol. The van der Waals surface area contributed by atoms with Gasteiger partial charge in [0.1, 0.15) is 0 Å². The molecule has 0 saturated carbocycles. The van der Waals surface area contributed by atoms with Gasteiger partial charge in [0.2, 0.25) is 0 Å². The second-order valence-electron chi connectivity index (χ2n) is 7.01. The number of aromatic nitrogens is 1. The molecule has 7 heteroatoms. The molecule has 1 aliphatic rings. The fourth-order valence-corrected chi connectivity index (χ4v) is 4.06. The summed E-state index contributed by atoms with van der Waals surface area (Å²) in [5.74, 6) is 1.23. The van der Waals surface area contributed by atoms with Gasteiger partial charge in [0.25, 0.3) is 5.91 Å². The molecule has 1 fully saturated rings. The Morgan fingerprint density at radius 3 is 2.72 bits per heavy atom. The molecule has 6 nitrogen and oxygen atoms in total. The normalized spacial score (nSPS) is 14.6. The van der Waals surface area contributed by atoms with Crippen LogP contribution < -0.4 is 9.47 Å². The monoisotopic (exact) mass is 415 g/mol. The van der Waals surface area contributed by atoms with E-state index in [1.54, 1.807) is 18.4 Å². The molecule has 0 atom stereocenters. The van der Waals surface area contributed by atoms with Gasteiger partial charge >= 0.3 is 0 Å². The highest BCUT2D eigenvalue weighted by molar-refractivity contribution is 7.09. The predicted molar refractivity (Wildman–Crippen MR) is 116 cm³/mol. The minimum atomic E-state index is 0.00352. The number of carbonyl (C=O) groups excluding carboxylic acids is 1. The van der Waals surface area contributed by atoms with Crippen LogP contribution >= 0.6 is 11.3 Å². The van der Waals surface area contributed by atoms with Crippen molar-refractivity contribution >= 4 is 17.2 Å². The number of carbonyl (C=O) groups is 1. The molecule has 0 unspecified atom stereocenters. The van der Waals surface area contributed by atoms with E-state index >= 15 is 0 Å². The van der Waals surface area contributed by atoms with Crippen LogP contribution in [0.2, 0.25) is 0 Å². The molecule has 0 spiro atoms. The number of methoxy groups -OCH3 is 1. The van der Waals surface area contributed by atoms with Gasteiger partial charge in [0, 0.05) is 38.1 Å². The quantitative estimate of drug-likeness (QED) is 0.589. The van der Waals surface area contributed by atoms with Crippen molar-refractivity contribution in [3.8, 4) is 11.5 Å². The molecule has 1 aromatic carbocycles. The zero-order chi connectivity index (χ0) is 20.6. The van der Waals surface area contributed by atoms with Gasteiger partial charge in [-0.2, -0.15) is 0 Å². The van der Waals surface area contributed by atoms with Crippen LogP contribution in [-0.2, 0) is 24.2 Å². The summed E-state index contributed by atoms with van der Waals surface area (Å²) in [6.45, 7) is 9.87. The van der Waals surface area contributed by atoms with Crippen LogP contribution in [0.3, 0.4) is 0 Å². The van der Waals surface area contributed by atoms with Crippen LogP contribution in [0, 0.1) is 0 Å². The van der Waals surface area contributed by atoms with Crippen molar-refractivity contribution in [3.05, 3.63) is 52.5 Å². The maximum atomic E-state index is 12.6. The fourth-order valence-electron chi connectivity index (χ4n) is 3.32. The Hall–Kier alpha value is -2.38. The van der Waals surface area contributed by atoms with Crippen molar-refractivity contribution in [2.24, 2.45) is 0 Å². The van der Waals surface area contributed by atoms with Crippen LogP contribution in [0.4, 0.5) is 0 Å². The molecule has 1 amide bonds. The first-order valence-electron chi connectivity index (χ1n) is 9.97. The fraction of sp³-hybridized carbons (Fsp3) is 0.455. The number of benzene rings is 1. The predicted octanol–water partition coefficient (Wildman–Crippen LogP) is 3.17. The van der Waals surface area contributed by atoms with E-state index in [0.29, 0.717) is 24.6 Å². The third-order valence-electron chi connectivity index (χ3n) is 4.97. The number of piperazine rings is 1. The van der Waals surface area contributed by atoms with E-state index in [1.807, 2.05) is 29.2 Å². The summed E-state index contributed by atoms with van der Waals surface area (Å²) in [6, 6.07) is 5.73. The number of hydrogen-bond acceptors (Lipinski definition) is 6. The van der Waals surface area contributed by atoms with Crippen LogP contribution in [0.15, 0.2) is 36.2 Å². The zero-order valence-corrected chi connectivity index (χ0v) is 18.0. The van der Waals surface area contributed by atoms with E-state index in [1.165, 1.54) is 5.01 Å². The molecule has 1 saturated heterocycles. The first-order chi connectivity index (χ1) is 14.1. The Bertz CT molecular complexity index is 828. The molecule has 0 bridgehead atoms. The lowest BCUT2D eigenvalue weighted by Crippen LogP contribution is -2.49. The van der Waals surface area contributed by atoms with E-state index in [4.69, 9.17) is 9.47 Å². The molecule has 2 aromatic rings. The second-order valence-corrected chi connectivity index (χ2v) is 7.95. The summed E-state index contributed by atoms with van der Waals surface area (Å²) in [7, 11) is 1.60. The lowest BCUT2D eigenvalue weighted by Gasteiger charge is -2.34. The van der Waals surface area contributed by atoms with Gasteiger partial charge in [-0.1, -0.05) is 19.1 Å². The van der Waals surface area contributed by atoms with Crippen LogP contribution in [0.25, 0.3) is 0 Å². The summed E-state index contributed by atoms with van der Waals surface area (Å²) >= 11 is 1.72. The number of rotatable bonds is 9. The zero-order valence-electron chi connectivity index (χ0n) is 17.2. The minimum Gasteiger partial charge on any atom is -0.493 e. The van der Waals surface area contributed by atoms with E-state index in [9.17, 15) is 4.79 Å². The number of hydrogen-bond donors (Lipinski definition) is 0. The van der Waals surface area contributed by atoms with Crippen molar-refractivity contribution in [1.29, 1.82) is 0 Å². The first kappa shape index (κ1) is 21.3. The molecule has 1 aliphatic heterocycles. The Kier molecular flexibility index (Phi) is 7.66. The Balaban J connectivity index is 1.46. The van der Waals surface area contributed by atoms with Gasteiger partial charge in [-0.3, -0.25) is 9.69 Å². The summed E-state index contributed by atoms with van der Waals surface area (Å²) < 4.78 is 11.1. The number of ether oxygens (including phenoxy) is 2. The van der Waals surface area contributed by atoms with E-state index in [0.717, 1.165) is 43.7 Å². The van der Waals surface area contributed by atoms with Gasteiger partial charge in [-0.25, -0.2) is 4.98 Å². The van der Waals surface area contributed by atoms with Crippen LogP contribution in [-0.4, -0.2) is 60.6 Å². The number of allylic oxidation sites excluding steroid dienone is 1. The SMILES string of the molecule is C=CCc1ccc(OCC(=O)N2CCN(Cc3csc(CC)n3)CC2)c(OC)c1. The summed E-state index contributed by atoms with van der Waals surface area (Å²) in [5, 5.41) is 3.32. The summed E-state index contributed by atoms with van der Waals surface area (Å²) in [5.41, 5.74) is 2.22. The highest BCUT2D eigenvalue weighted by Gasteiger charge is 2.22. The Labute approximate surface area is 176 Å². The van der Waals surface area contributed by atoms with Gasteiger partial charge in [-0.15, -0.1) is 17.9 Å². The van der Waals surface area contributed by atoms with Crippen LogP contribution in [0.5, 0.6) is 11.5 Å². The molecule has 29 heavy (non-hydrogen) atoms. The standard InChI is InChI=1S/C22H29N3O3S/c1-4-6-17-7-8-19(20(13-17)27-3)28-15-22(26)25-11-9-24(10-12-25)14-18-16-29-21(5-2)23-18/h4,7-8,13,16H,1,5-6,9-12,14-15H2,2-3H3. The van der Waals surface area contributed by atoms with Crippen LogP contribution in [0.1, 0.15) is 23.2 Å². The molecular formula is C22H29N3O3S. The van der Waals surface area contributed by atoms with Gasteiger partial charge in [-0.05, 0) is 30.5 Å². The smallest absolute Gasteiger partial charge is 0.260 e. The first-order valence-corrected chi connectivity index (χ1v) is 10.8.